The average molecular weight is 537 g/mol. The number of hydrogen-bond acceptors (Lipinski definition) is 6. The molecule has 8 nitrogen and oxygen atoms in total. The summed E-state index contributed by atoms with van der Waals surface area (Å²) in [5.74, 6) is 0.875. The van der Waals surface area contributed by atoms with Gasteiger partial charge >= 0.3 is 6.09 Å². The first-order valence-corrected chi connectivity index (χ1v) is 12.9. The molecule has 0 aliphatic carbocycles. The first-order chi connectivity index (χ1) is 18.0. The Balaban J connectivity index is 1.63. The maximum atomic E-state index is 15.1. The highest BCUT2D eigenvalue weighted by atomic mass is 35.5. The molecule has 1 fully saturated rings. The van der Waals surface area contributed by atoms with Crippen LogP contribution in [-0.2, 0) is 4.74 Å². The highest BCUT2D eigenvalue weighted by Gasteiger charge is 2.36. The Morgan fingerprint density at radius 1 is 1.05 bits per heavy atom. The third-order valence-electron chi connectivity index (χ3n) is 6.57. The third kappa shape index (κ3) is 4.90. The van der Waals surface area contributed by atoms with Crippen LogP contribution in [0.25, 0.3) is 28.0 Å². The van der Waals surface area contributed by atoms with Gasteiger partial charge in [-0.15, -0.1) is 0 Å². The summed E-state index contributed by atoms with van der Waals surface area (Å²) in [6.45, 7) is 10.6. The fourth-order valence-electron chi connectivity index (χ4n) is 4.84. The lowest BCUT2D eigenvalue weighted by Crippen LogP contribution is -2.59. The van der Waals surface area contributed by atoms with Gasteiger partial charge in [-0.25, -0.2) is 24.1 Å². The lowest BCUT2D eigenvalue weighted by molar-refractivity contribution is 0.0130. The number of piperazine rings is 1. The van der Waals surface area contributed by atoms with Crippen molar-refractivity contribution in [2.45, 2.75) is 52.3 Å². The highest BCUT2D eigenvalue weighted by Crippen LogP contribution is 2.39. The lowest BCUT2D eigenvalue weighted by atomic mass is 10.0. The second kappa shape index (κ2) is 9.87. The number of amides is 1. The number of carbonyl (C=O) groups excluding carboxylic acids is 1. The summed E-state index contributed by atoms with van der Waals surface area (Å²) in [5, 5.41) is 1.23. The number of nitrogens with zero attached hydrogens (tertiary/aromatic N) is 6. The van der Waals surface area contributed by atoms with Gasteiger partial charge in [0.05, 0.1) is 5.39 Å². The lowest BCUT2D eigenvalue weighted by Gasteiger charge is -2.44. The van der Waals surface area contributed by atoms with Crippen molar-refractivity contribution in [1.29, 1.82) is 0 Å². The quantitative estimate of drug-likeness (QED) is 0.314. The van der Waals surface area contributed by atoms with Gasteiger partial charge in [-0.05, 0) is 46.8 Å². The second-order valence-corrected chi connectivity index (χ2v) is 11.0. The number of hydrogen-bond donors (Lipinski definition) is 0. The van der Waals surface area contributed by atoms with Crippen LogP contribution in [0.5, 0.6) is 0 Å². The van der Waals surface area contributed by atoms with Gasteiger partial charge in [0.15, 0.2) is 5.65 Å². The molecule has 4 aromatic rings. The number of fused-ring (bicyclic) bond motifs is 1. The van der Waals surface area contributed by atoms with Crippen LogP contribution in [0.2, 0.25) is 5.02 Å². The molecule has 1 aromatic carbocycles. The summed E-state index contributed by atoms with van der Waals surface area (Å²) in [7, 11) is 0. The summed E-state index contributed by atoms with van der Waals surface area (Å²) in [4.78, 5) is 30.5. The molecule has 3 aromatic heterocycles. The van der Waals surface area contributed by atoms with Gasteiger partial charge in [0.2, 0.25) is 0 Å². The molecule has 0 N–H and O–H groups in total. The van der Waals surface area contributed by atoms with Crippen molar-refractivity contribution in [3.63, 3.8) is 0 Å². The van der Waals surface area contributed by atoms with E-state index in [1.807, 2.05) is 40.8 Å². The Bertz CT molecular complexity index is 1500. The summed E-state index contributed by atoms with van der Waals surface area (Å²) in [5.41, 5.74) is 1.08. The SMILES string of the molecule is CC1CN(c2ncnc3c2c(-c2ccccc2F)cn3-c2cc(Cl)ccn2)C(C)CN1C(=O)OC(C)(C)C. The average Bonchev–Trinajstić information content (AvgIpc) is 3.24. The predicted molar refractivity (Wildman–Crippen MR) is 146 cm³/mol. The van der Waals surface area contributed by atoms with E-state index >= 15 is 4.39 Å². The number of carbonyl (C=O) groups is 1. The van der Waals surface area contributed by atoms with Crippen LogP contribution < -0.4 is 4.90 Å². The smallest absolute Gasteiger partial charge is 0.410 e. The molecule has 4 heterocycles. The van der Waals surface area contributed by atoms with Crippen LogP contribution >= 0.6 is 11.6 Å². The molecule has 1 aliphatic heterocycles. The van der Waals surface area contributed by atoms with E-state index in [1.165, 1.54) is 12.4 Å². The zero-order valence-corrected chi connectivity index (χ0v) is 22.8. The van der Waals surface area contributed by atoms with Gasteiger partial charge < -0.3 is 14.5 Å². The molecule has 2 atom stereocenters. The van der Waals surface area contributed by atoms with E-state index < -0.39 is 5.60 Å². The molecule has 1 aliphatic rings. The van der Waals surface area contributed by atoms with Crippen molar-refractivity contribution in [3.8, 4) is 16.9 Å². The number of benzene rings is 1. The molecule has 1 saturated heterocycles. The minimum Gasteiger partial charge on any atom is -0.444 e. The van der Waals surface area contributed by atoms with Crippen LogP contribution in [0, 0.1) is 5.82 Å². The van der Waals surface area contributed by atoms with Crippen molar-refractivity contribution in [2.75, 3.05) is 18.0 Å². The molecule has 0 radical (unpaired) electrons. The Kier molecular flexibility index (Phi) is 6.73. The minimum absolute atomic E-state index is 0.0852. The van der Waals surface area contributed by atoms with E-state index in [9.17, 15) is 4.79 Å². The molecule has 0 saturated carbocycles. The fourth-order valence-corrected chi connectivity index (χ4v) is 5.00. The topological polar surface area (TPSA) is 76.4 Å². The largest absolute Gasteiger partial charge is 0.444 e. The number of anilines is 1. The minimum atomic E-state index is -0.581. The summed E-state index contributed by atoms with van der Waals surface area (Å²) < 4.78 is 22.6. The van der Waals surface area contributed by atoms with Crippen LogP contribution in [0.15, 0.2) is 55.1 Å². The Morgan fingerprint density at radius 2 is 1.82 bits per heavy atom. The van der Waals surface area contributed by atoms with Crippen molar-refractivity contribution >= 4 is 34.5 Å². The van der Waals surface area contributed by atoms with Gasteiger partial charge in [-0.3, -0.25) is 4.57 Å². The number of pyridine rings is 1. The van der Waals surface area contributed by atoms with Gasteiger partial charge in [0.1, 0.15) is 29.4 Å². The van der Waals surface area contributed by atoms with E-state index in [2.05, 4.69) is 19.9 Å². The fraction of sp³-hybridized carbons (Fsp3) is 0.357. The van der Waals surface area contributed by atoms with Crippen molar-refractivity contribution in [3.05, 3.63) is 66.0 Å². The Morgan fingerprint density at radius 3 is 2.53 bits per heavy atom. The number of halogens is 2. The number of aromatic nitrogens is 4. The third-order valence-corrected chi connectivity index (χ3v) is 6.80. The van der Waals surface area contributed by atoms with Gasteiger partial charge in [0, 0.05) is 59.8 Å². The number of ether oxygens (including phenoxy) is 1. The second-order valence-electron chi connectivity index (χ2n) is 10.6. The summed E-state index contributed by atoms with van der Waals surface area (Å²) in [6, 6.07) is 9.84. The molecule has 198 valence electrons. The van der Waals surface area contributed by atoms with E-state index in [-0.39, 0.29) is 24.0 Å². The number of rotatable bonds is 3. The van der Waals surface area contributed by atoms with Crippen LogP contribution in [0.3, 0.4) is 0 Å². The van der Waals surface area contributed by atoms with E-state index in [4.69, 9.17) is 16.3 Å². The van der Waals surface area contributed by atoms with Gasteiger partial charge in [-0.1, -0.05) is 29.8 Å². The van der Waals surface area contributed by atoms with E-state index in [0.717, 1.165) is 0 Å². The van der Waals surface area contributed by atoms with Gasteiger partial charge in [-0.2, -0.15) is 0 Å². The first-order valence-electron chi connectivity index (χ1n) is 12.5. The molecule has 2 unspecified atom stereocenters. The molecule has 10 heteroatoms. The molecule has 5 rings (SSSR count). The molecule has 1 amide bonds. The highest BCUT2D eigenvalue weighted by molar-refractivity contribution is 6.30. The van der Waals surface area contributed by atoms with Crippen molar-refractivity contribution < 1.29 is 13.9 Å². The zero-order valence-electron chi connectivity index (χ0n) is 22.0. The standard InChI is InChI=1S/C28H30ClFN6O2/c1-17-14-35(27(37)38-28(3,4)5)18(2)13-34(17)25-24-21(20-8-6-7-9-22(20)30)15-36(26(24)33-16-32-25)23-12-19(29)10-11-31-23/h6-12,15-18H,13-14H2,1-5H3. The normalized spacial score (nSPS) is 18.2. The zero-order chi connectivity index (χ0) is 27.2. The van der Waals surface area contributed by atoms with Crippen molar-refractivity contribution in [1.82, 2.24) is 24.4 Å². The molecule has 0 spiro atoms. The molecular weight excluding hydrogens is 507 g/mol. The summed E-state index contributed by atoms with van der Waals surface area (Å²) in [6.07, 6.45) is 4.61. The van der Waals surface area contributed by atoms with Gasteiger partial charge in [0.25, 0.3) is 0 Å². The maximum Gasteiger partial charge on any atom is 0.410 e. The van der Waals surface area contributed by atoms with Crippen LogP contribution in [0.1, 0.15) is 34.6 Å². The van der Waals surface area contributed by atoms with Crippen molar-refractivity contribution in [2.24, 2.45) is 0 Å². The Labute approximate surface area is 226 Å². The van der Waals surface area contributed by atoms with Crippen LogP contribution in [0.4, 0.5) is 15.0 Å². The van der Waals surface area contributed by atoms with E-state index in [1.54, 1.807) is 46.0 Å². The molecule has 0 bridgehead atoms. The molecule has 38 heavy (non-hydrogen) atoms. The summed E-state index contributed by atoms with van der Waals surface area (Å²) >= 11 is 6.27. The first kappa shape index (κ1) is 25.9. The van der Waals surface area contributed by atoms with E-state index in [0.29, 0.717) is 51.9 Å². The Hall–Kier alpha value is -3.72. The van der Waals surface area contributed by atoms with Crippen LogP contribution in [-0.4, -0.2) is 61.3 Å². The predicted octanol–water partition coefficient (Wildman–Crippen LogP) is 6.11. The molecular formula is C28H30ClFN6O2. The monoisotopic (exact) mass is 536 g/mol. The maximum absolute atomic E-state index is 15.1.